The molecule has 1 aliphatic heterocycles. The lowest BCUT2D eigenvalue weighted by molar-refractivity contribution is -0.140. The molecule has 0 spiro atoms. The second-order valence-corrected chi connectivity index (χ2v) is 11.0. The summed E-state index contributed by atoms with van der Waals surface area (Å²) in [6.45, 7) is 1.38. The van der Waals surface area contributed by atoms with Crippen LogP contribution in [0.4, 0.5) is 13.2 Å². The van der Waals surface area contributed by atoms with Gasteiger partial charge in [0.2, 0.25) is 0 Å². The fourth-order valence-corrected chi connectivity index (χ4v) is 5.85. The largest absolute Gasteiger partial charge is 0.493 e. The van der Waals surface area contributed by atoms with Gasteiger partial charge < -0.3 is 14.2 Å². The van der Waals surface area contributed by atoms with Crippen LogP contribution in [0.5, 0.6) is 11.5 Å². The van der Waals surface area contributed by atoms with Gasteiger partial charge in [-0.3, -0.25) is 9.36 Å². The summed E-state index contributed by atoms with van der Waals surface area (Å²) >= 11 is 6.77. The number of benzene rings is 3. The van der Waals surface area contributed by atoms with Gasteiger partial charge in [0.1, 0.15) is 6.61 Å². The third-order valence-electron chi connectivity index (χ3n) is 6.76. The molecule has 13 heteroatoms. The molecule has 8 nitrogen and oxygen atoms in total. The quantitative estimate of drug-likeness (QED) is 0.234. The van der Waals surface area contributed by atoms with Gasteiger partial charge in [-0.1, -0.05) is 59.3 Å². The number of nitrogens with zero attached hydrogens (tertiary/aromatic N) is 3. The maximum absolute atomic E-state index is 14.4. The van der Waals surface area contributed by atoms with Crippen molar-refractivity contribution in [2.45, 2.75) is 25.7 Å². The fourth-order valence-electron chi connectivity index (χ4n) is 4.73. The van der Waals surface area contributed by atoms with Gasteiger partial charge in [0.15, 0.2) is 22.0 Å². The average Bonchev–Trinajstić information content (AvgIpc) is 3.34. The minimum atomic E-state index is -5.03. The zero-order valence-corrected chi connectivity index (χ0v) is 25.3. The molecule has 0 amide bonds. The van der Waals surface area contributed by atoms with Crippen molar-refractivity contribution in [2.24, 2.45) is 4.99 Å². The molecule has 4 aromatic rings. The number of methoxy groups -OCH3 is 1. The van der Waals surface area contributed by atoms with Gasteiger partial charge in [0.25, 0.3) is 5.56 Å². The topological polar surface area (TPSA) is 103 Å². The van der Waals surface area contributed by atoms with E-state index in [0.29, 0.717) is 21.9 Å². The van der Waals surface area contributed by atoms with E-state index in [-0.39, 0.29) is 33.9 Å². The van der Waals surface area contributed by atoms with Gasteiger partial charge in [0, 0.05) is 10.6 Å². The number of halogens is 4. The first-order valence-electron chi connectivity index (χ1n) is 13.4. The van der Waals surface area contributed by atoms with Crippen molar-refractivity contribution < 1.29 is 32.2 Å². The number of rotatable bonds is 8. The number of alkyl halides is 3. The van der Waals surface area contributed by atoms with Crippen molar-refractivity contribution in [1.29, 1.82) is 5.26 Å². The third kappa shape index (κ3) is 6.50. The minimum Gasteiger partial charge on any atom is -0.493 e. The summed E-state index contributed by atoms with van der Waals surface area (Å²) < 4.78 is 60.8. The van der Waals surface area contributed by atoms with Crippen LogP contribution in [0.15, 0.2) is 87.8 Å². The lowest BCUT2D eigenvalue weighted by Crippen LogP contribution is -2.41. The Morgan fingerprint density at radius 3 is 2.47 bits per heavy atom. The number of aromatic nitrogens is 1. The number of carbonyl (C=O) groups is 1. The van der Waals surface area contributed by atoms with Crippen molar-refractivity contribution in [3.8, 4) is 17.6 Å². The van der Waals surface area contributed by atoms with Crippen LogP contribution in [0, 0.1) is 11.3 Å². The second-order valence-electron chi connectivity index (χ2n) is 9.59. The molecule has 230 valence electrons. The molecule has 0 radical (unpaired) electrons. The van der Waals surface area contributed by atoms with E-state index >= 15 is 0 Å². The van der Waals surface area contributed by atoms with Crippen LogP contribution < -0.4 is 24.4 Å². The molecule has 3 aromatic carbocycles. The summed E-state index contributed by atoms with van der Waals surface area (Å²) in [7, 11) is 1.45. The van der Waals surface area contributed by atoms with Crippen LogP contribution in [-0.2, 0) is 16.1 Å². The Labute approximate surface area is 263 Å². The predicted molar refractivity (Wildman–Crippen MR) is 161 cm³/mol. The Hall–Kier alpha value is -4.86. The number of allylic oxidation sites excluding steroid dienone is 1. The molecule has 0 unspecified atom stereocenters. The van der Waals surface area contributed by atoms with E-state index in [1.54, 1.807) is 42.5 Å². The number of esters is 1. The van der Waals surface area contributed by atoms with E-state index in [1.165, 1.54) is 44.4 Å². The zero-order chi connectivity index (χ0) is 32.3. The number of para-hydroxylation sites is 1. The van der Waals surface area contributed by atoms with Gasteiger partial charge in [-0.2, -0.15) is 18.4 Å². The monoisotopic (exact) mass is 653 g/mol. The molecule has 2 heterocycles. The van der Waals surface area contributed by atoms with Gasteiger partial charge in [0.05, 0.1) is 41.5 Å². The van der Waals surface area contributed by atoms with Crippen LogP contribution in [0.1, 0.15) is 35.2 Å². The molecule has 0 fully saturated rings. The van der Waals surface area contributed by atoms with E-state index in [4.69, 9.17) is 31.1 Å². The maximum atomic E-state index is 14.4. The number of hydrogen-bond acceptors (Lipinski definition) is 8. The van der Waals surface area contributed by atoms with Crippen molar-refractivity contribution in [1.82, 2.24) is 4.57 Å². The molecule has 0 saturated carbocycles. The van der Waals surface area contributed by atoms with E-state index in [0.717, 1.165) is 21.5 Å². The number of ether oxygens (including phenoxy) is 3. The summed E-state index contributed by atoms with van der Waals surface area (Å²) in [5.74, 6) is -0.602. The summed E-state index contributed by atoms with van der Waals surface area (Å²) in [6.07, 6.45) is -3.55. The normalized spacial score (nSPS) is 14.8. The van der Waals surface area contributed by atoms with Gasteiger partial charge in [-0.05, 0) is 54.5 Å². The summed E-state index contributed by atoms with van der Waals surface area (Å²) in [6, 6.07) is 18.1. The predicted octanol–water partition coefficient (Wildman–Crippen LogP) is 5.45. The first kappa shape index (κ1) is 31.6. The molecular weight excluding hydrogens is 631 g/mol. The summed E-state index contributed by atoms with van der Waals surface area (Å²) in [5.41, 5.74) is -1.05. The number of nitriles is 1. The van der Waals surface area contributed by atoms with Crippen molar-refractivity contribution in [3.05, 3.63) is 125 Å². The molecule has 0 saturated heterocycles. The molecule has 0 N–H and O–H groups in total. The lowest BCUT2D eigenvalue weighted by atomic mass is 9.95. The molecule has 1 atom stereocenters. The third-order valence-corrected chi connectivity index (χ3v) is 8.00. The van der Waals surface area contributed by atoms with Crippen LogP contribution in [0.25, 0.3) is 6.08 Å². The van der Waals surface area contributed by atoms with Gasteiger partial charge >= 0.3 is 12.1 Å². The Morgan fingerprint density at radius 1 is 1.13 bits per heavy atom. The van der Waals surface area contributed by atoms with E-state index in [1.807, 2.05) is 6.07 Å². The van der Waals surface area contributed by atoms with Crippen molar-refractivity contribution in [2.75, 3.05) is 13.7 Å². The number of fused-ring (bicyclic) bond motifs is 1. The first-order chi connectivity index (χ1) is 21.5. The van der Waals surface area contributed by atoms with Crippen LogP contribution in [0.2, 0.25) is 5.02 Å². The molecular formula is C32H23ClF3N3O5S. The van der Waals surface area contributed by atoms with E-state index < -0.39 is 35.0 Å². The highest BCUT2D eigenvalue weighted by Crippen LogP contribution is 2.38. The molecule has 5 rings (SSSR count). The number of carbonyl (C=O) groups excluding carboxylic acids is 1. The Morgan fingerprint density at radius 2 is 1.84 bits per heavy atom. The molecule has 45 heavy (non-hydrogen) atoms. The van der Waals surface area contributed by atoms with Gasteiger partial charge in [-0.15, -0.1) is 0 Å². The van der Waals surface area contributed by atoms with Crippen molar-refractivity contribution in [3.63, 3.8) is 0 Å². The Kier molecular flexibility index (Phi) is 9.13. The number of hydrogen-bond donors (Lipinski definition) is 0. The molecule has 1 aliphatic rings. The standard InChI is InChI=1S/C32H23ClF3N3O5S/c1-3-43-30(41)25-26(20-11-13-22(33)14-12-20)39-29(40)24(45-31(39)38-28(25)32(34,35)36)15-21-5-4-6-23(42-2)27(21)44-17-19-9-7-18(16-37)8-10-19/h4-15,26H,3,17H2,1-2H3/b24-15-/t26-/m0/s1. The Balaban J connectivity index is 1.68. The maximum Gasteiger partial charge on any atom is 0.434 e. The Bertz CT molecular complexity index is 2010. The highest BCUT2D eigenvalue weighted by atomic mass is 35.5. The second kappa shape index (κ2) is 13.0. The SMILES string of the molecule is CCOC(=O)C1=C(C(F)(F)F)N=c2s/c(=C\c3cccc(OC)c3OCc3ccc(C#N)cc3)c(=O)n2[C@H]1c1ccc(Cl)cc1. The first-order valence-corrected chi connectivity index (χ1v) is 14.6. The van der Waals surface area contributed by atoms with Crippen molar-refractivity contribution >= 4 is 35.0 Å². The molecule has 1 aromatic heterocycles. The van der Waals surface area contributed by atoms with Crippen LogP contribution in [-0.4, -0.2) is 30.4 Å². The highest BCUT2D eigenvalue weighted by molar-refractivity contribution is 7.07. The summed E-state index contributed by atoms with van der Waals surface area (Å²) in [5, 5.41) is 9.37. The van der Waals surface area contributed by atoms with E-state index in [9.17, 15) is 22.8 Å². The van der Waals surface area contributed by atoms with E-state index in [2.05, 4.69) is 4.99 Å². The van der Waals surface area contributed by atoms with Gasteiger partial charge in [-0.25, -0.2) is 9.79 Å². The van der Waals surface area contributed by atoms with Crippen LogP contribution >= 0.6 is 22.9 Å². The summed E-state index contributed by atoms with van der Waals surface area (Å²) in [4.78, 5) is 30.5. The minimum absolute atomic E-state index is 0.0378. The molecule has 0 bridgehead atoms. The fraction of sp³-hybridized carbons (Fsp3) is 0.188. The zero-order valence-electron chi connectivity index (χ0n) is 23.7. The van der Waals surface area contributed by atoms with Crippen LogP contribution in [0.3, 0.4) is 0 Å². The number of thiazole rings is 1. The molecule has 0 aliphatic carbocycles. The highest BCUT2D eigenvalue weighted by Gasteiger charge is 2.45. The average molecular weight is 654 g/mol. The smallest absolute Gasteiger partial charge is 0.434 e. The lowest BCUT2D eigenvalue weighted by Gasteiger charge is -2.26.